The number of carbonyl (C=O) groups is 1. The lowest BCUT2D eigenvalue weighted by Gasteiger charge is -1.99. The molecule has 0 amide bonds. The molecular weight excluding hydrogens is 248 g/mol. The van der Waals surface area contributed by atoms with Crippen LogP contribution in [-0.2, 0) is 7.05 Å². The molecule has 3 heteroatoms. The van der Waals surface area contributed by atoms with Gasteiger partial charge in [0.05, 0.1) is 0 Å². The van der Waals surface area contributed by atoms with Crippen molar-refractivity contribution in [3.05, 3.63) is 65.5 Å². The molecular formula is C17H14N2O. The zero-order valence-corrected chi connectivity index (χ0v) is 11.2. The van der Waals surface area contributed by atoms with Gasteiger partial charge in [0.15, 0.2) is 6.29 Å². The number of carbonyl (C=O) groups excluding carboxylic acids is 1. The Kier molecular flexibility index (Phi) is 3.17. The van der Waals surface area contributed by atoms with E-state index in [1.165, 1.54) is 0 Å². The summed E-state index contributed by atoms with van der Waals surface area (Å²) in [5.74, 6) is 0. The van der Waals surface area contributed by atoms with Crippen LogP contribution >= 0.6 is 0 Å². The maximum atomic E-state index is 11.2. The van der Waals surface area contributed by atoms with Gasteiger partial charge in [-0.05, 0) is 17.2 Å². The number of nitrogens with zero attached hydrogens (tertiary/aromatic N) is 2. The quantitative estimate of drug-likeness (QED) is 0.676. The van der Waals surface area contributed by atoms with Crippen LogP contribution in [0.2, 0.25) is 0 Å². The SMILES string of the molecule is Cn1cc(C=O)c2c(/C=C/c3ccccc3)ccnc21. The first kappa shape index (κ1) is 12.4. The van der Waals surface area contributed by atoms with Gasteiger partial charge in [-0.25, -0.2) is 4.98 Å². The predicted octanol–water partition coefficient (Wildman–Crippen LogP) is 3.56. The second-order valence-electron chi connectivity index (χ2n) is 4.66. The Balaban J connectivity index is 2.12. The molecule has 20 heavy (non-hydrogen) atoms. The number of aryl methyl sites for hydroxylation is 1. The number of rotatable bonds is 3. The summed E-state index contributed by atoms with van der Waals surface area (Å²) < 4.78 is 1.87. The Labute approximate surface area is 117 Å². The van der Waals surface area contributed by atoms with E-state index in [4.69, 9.17) is 0 Å². The second kappa shape index (κ2) is 5.13. The first-order valence-corrected chi connectivity index (χ1v) is 6.42. The minimum atomic E-state index is 0.670. The van der Waals surface area contributed by atoms with E-state index in [0.717, 1.165) is 28.4 Å². The molecule has 0 bridgehead atoms. The standard InChI is InChI=1S/C17H14N2O/c1-19-11-15(12-20)16-14(9-10-18-17(16)19)8-7-13-5-3-2-4-6-13/h2-12H,1H3/b8-7+. The minimum absolute atomic E-state index is 0.670. The summed E-state index contributed by atoms with van der Waals surface area (Å²) in [6.45, 7) is 0. The van der Waals surface area contributed by atoms with Gasteiger partial charge >= 0.3 is 0 Å². The topological polar surface area (TPSA) is 34.9 Å². The van der Waals surface area contributed by atoms with E-state index in [2.05, 4.69) is 4.98 Å². The van der Waals surface area contributed by atoms with Crippen molar-refractivity contribution < 1.29 is 4.79 Å². The summed E-state index contributed by atoms with van der Waals surface area (Å²) in [6, 6.07) is 12.0. The first-order chi connectivity index (χ1) is 9.79. The van der Waals surface area contributed by atoms with Crippen molar-refractivity contribution >= 4 is 29.5 Å². The molecule has 0 N–H and O–H groups in total. The van der Waals surface area contributed by atoms with Crippen LogP contribution in [0.3, 0.4) is 0 Å². The third-order valence-corrected chi connectivity index (χ3v) is 3.30. The molecule has 98 valence electrons. The minimum Gasteiger partial charge on any atom is -0.335 e. The Morgan fingerprint density at radius 2 is 1.85 bits per heavy atom. The van der Waals surface area contributed by atoms with Gasteiger partial charge in [0.2, 0.25) is 0 Å². The highest BCUT2D eigenvalue weighted by atomic mass is 16.1. The molecule has 1 aromatic carbocycles. The molecule has 0 unspecified atom stereocenters. The Hall–Kier alpha value is -2.68. The van der Waals surface area contributed by atoms with E-state index in [0.29, 0.717) is 5.56 Å². The number of fused-ring (bicyclic) bond motifs is 1. The molecule has 0 atom stereocenters. The molecule has 0 aliphatic heterocycles. The van der Waals surface area contributed by atoms with Crippen LogP contribution in [0, 0.1) is 0 Å². The van der Waals surface area contributed by atoms with E-state index in [9.17, 15) is 4.79 Å². The van der Waals surface area contributed by atoms with Crippen LogP contribution in [0.1, 0.15) is 21.5 Å². The first-order valence-electron chi connectivity index (χ1n) is 6.42. The largest absolute Gasteiger partial charge is 0.335 e. The Bertz CT molecular complexity index is 785. The average Bonchev–Trinajstić information content (AvgIpc) is 2.83. The molecule has 0 fully saturated rings. The van der Waals surface area contributed by atoms with Gasteiger partial charge in [0.1, 0.15) is 5.65 Å². The molecule has 0 saturated carbocycles. The lowest BCUT2D eigenvalue weighted by molar-refractivity contribution is 0.112. The summed E-state index contributed by atoms with van der Waals surface area (Å²) >= 11 is 0. The fourth-order valence-electron chi connectivity index (χ4n) is 2.34. The van der Waals surface area contributed by atoms with Gasteiger partial charge < -0.3 is 4.57 Å². The number of hydrogen-bond acceptors (Lipinski definition) is 2. The zero-order chi connectivity index (χ0) is 13.9. The molecule has 0 spiro atoms. The molecule has 3 aromatic rings. The third-order valence-electron chi connectivity index (χ3n) is 3.30. The number of pyridine rings is 1. The second-order valence-corrected chi connectivity index (χ2v) is 4.66. The zero-order valence-electron chi connectivity index (χ0n) is 11.2. The Morgan fingerprint density at radius 1 is 1.05 bits per heavy atom. The van der Waals surface area contributed by atoms with E-state index in [1.54, 1.807) is 6.20 Å². The number of benzene rings is 1. The van der Waals surface area contributed by atoms with Gasteiger partial charge in [0, 0.05) is 30.4 Å². The van der Waals surface area contributed by atoms with Gasteiger partial charge in [-0.2, -0.15) is 0 Å². The molecule has 0 aliphatic rings. The van der Waals surface area contributed by atoms with Crippen LogP contribution < -0.4 is 0 Å². The highest BCUT2D eigenvalue weighted by Crippen LogP contribution is 2.23. The molecule has 2 aromatic heterocycles. The van der Waals surface area contributed by atoms with Gasteiger partial charge in [0.25, 0.3) is 0 Å². The van der Waals surface area contributed by atoms with Crippen molar-refractivity contribution in [3.63, 3.8) is 0 Å². The number of aldehydes is 1. The Morgan fingerprint density at radius 3 is 2.60 bits per heavy atom. The van der Waals surface area contributed by atoms with Crippen molar-refractivity contribution in [2.75, 3.05) is 0 Å². The molecule has 0 radical (unpaired) electrons. The van der Waals surface area contributed by atoms with E-state index >= 15 is 0 Å². The van der Waals surface area contributed by atoms with Gasteiger partial charge in [-0.3, -0.25) is 4.79 Å². The lowest BCUT2D eigenvalue weighted by Crippen LogP contribution is -1.87. The summed E-state index contributed by atoms with van der Waals surface area (Å²) in [5, 5.41) is 0.900. The van der Waals surface area contributed by atoms with Crippen LogP contribution in [-0.4, -0.2) is 15.8 Å². The van der Waals surface area contributed by atoms with Crippen molar-refractivity contribution in [1.29, 1.82) is 0 Å². The maximum absolute atomic E-state index is 11.2. The summed E-state index contributed by atoms with van der Waals surface area (Å²) in [5.41, 5.74) is 3.62. The van der Waals surface area contributed by atoms with E-state index in [1.807, 2.05) is 66.4 Å². The fraction of sp³-hybridized carbons (Fsp3) is 0.0588. The molecule has 0 aliphatic carbocycles. The summed E-state index contributed by atoms with van der Waals surface area (Å²) in [4.78, 5) is 15.5. The van der Waals surface area contributed by atoms with Gasteiger partial charge in [-0.1, -0.05) is 42.5 Å². The molecule has 3 nitrogen and oxygen atoms in total. The van der Waals surface area contributed by atoms with Crippen LogP contribution in [0.4, 0.5) is 0 Å². The lowest BCUT2D eigenvalue weighted by atomic mass is 10.1. The highest BCUT2D eigenvalue weighted by molar-refractivity contribution is 6.01. The van der Waals surface area contributed by atoms with E-state index in [-0.39, 0.29) is 0 Å². The van der Waals surface area contributed by atoms with Crippen LogP contribution in [0.5, 0.6) is 0 Å². The molecule has 0 saturated heterocycles. The number of aromatic nitrogens is 2. The monoisotopic (exact) mass is 262 g/mol. The fourth-order valence-corrected chi connectivity index (χ4v) is 2.34. The maximum Gasteiger partial charge on any atom is 0.152 e. The van der Waals surface area contributed by atoms with Gasteiger partial charge in [-0.15, -0.1) is 0 Å². The smallest absolute Gasteiger partial charge is 0.152 e. The van der Waals surface area contributed by atoms with Crippen LogP contribution in [0.25, 0.3) is 23.2 Å². The summed E-state index contributed by atoms with van der Waals surface area (Å²) in [6.07, 6.45) is 8.51. The van der Waals surface area contributed by atoms with Crippen molar-refractivity contribution in [3.8, 4) is 0 Å². The van der Waals surface area contributed by atoms with Crippen molar-refractivity contribution in [2.24, 2.45) is 7.05 Å². The van der Waals surface area contributed by atoms with Crippen LogP contribution in [0.15, 0.2) is 48.8 Å². The van der Waals surface area contributed by atoms with Crippen molar-refractivity contribution in [2.45, 2.75) is 0 Å². The predicted molar refractivity (Wildman–Crippen MR) is 81.5 cm³/mol. The van der Waals surface area contributed by atoms with Crippen molar-refractivity contribution in [1.82, 2.24) is 9.55 Å². The normalized spacial score (nSPS) is 11.2. The molecule has 3 rings (SSSR count). The average molecular weight is 262 g/mol. The highest BCUT2D eigenvalue weighted by Gasteiger charge is 2.09. The molecule has 2 heterocycles. The third kappa shape index (κ3) is 2.14. The number of hydrogen-bond donors (Lipinski definition) is 0. The summed E-state index contributed by atoms with van der Waals surface area (Å²) in [7, 11) is 1.90. The van der Waals surface area contributed by atoms with E-state index < -0.39 is 0 Å².